The van der Waals surface area contributed by atoms with Gasteiger partial charge in [-0.2, -0.15) is 0 Å². The van der Waals surface area contributed by atoms with Crippen molar-refractivity contribution in [2.45, 2.75) is 21.7 Å². The summed E-state index contributed by atoms with van der Waals surface area (Å²) in [6.07, 6.45) is -0.556. The van der Waals surface area contributed by atoms with E-state index in [4.69, 9.17) is 4.74 Å². The van der Waals surface area contributed by atoms with Gasteiger partial charge in [-0.25, -0.2) is 0 Å². The Hall–Kier alpha value is -1.54. The Morgan fingerprint density at radius 3 is 2.31 bits per heavy atom. The first-order valence-corrected chi connectivity index (χ1v) is 11.1. The molecule has 7 heteroatoms. The Morgan fingerprint density at radius 1 is 0.962 bits per heavy atom. The minimum Gasteiger partial charge on any atom is -0.491 e. The fourth-order valence-corrected chi connectivity index (χ4v) is 5.07. The highest BCUT2D eigenvalue weighted by Crippen LogP contribution is 2.29. The van der Waals surface area contributed by atoms with Crippen molar-refractivity contribution >= 4 is 34.9 Å². The molecular weight excluding hydrogens is 384 g/mol. The predicted molar refractivity (Wildman–Crippen MR) is 110 cm³/mol. The molecule has 26 heavy (non-hydrogen) atoms. The molecule has 136 valence electrons. The lowest BCUT2D eigenvalue weighted by atomic mass is 10.1. The van der Waals surface area contributed by atoms with Crippen LogP contribution >= 0.6 is 34.9 Å². The highest BCUT2D eigenvalue weighted by molar-refractivity contribution is 8.03. The number of hydrogen-bond donors (Lipinski definition) is 1. The van der Waals surface area contributed by atoms with E-state index in [2.05, 4.69) is 29.3 Å². The molecule has 1 aromatic heterocycles. The summed E-state index contributed by atoms with van der Waals surface area (Å²) in [6.45, 7) is 2.35. The van der Waals surface area contributed by atoms with Crippen molar-refractivity contribution in [1.29, 1.82) is 0 Å². The Labute approximate surface area is 166 Å². The maximum atomic E-state index is 10.1. The van der Waals surface area contributed by atoms with Crippen LogP contribution in [0.5, 0.6) is 5.75 Å². The zero-order chi connectivity index (χ0) is 18.2. The van der Waals surface area contributed by atoms with Crippen LogP contribution in [0.1, 0.15) is 6.92 Å². The Bertz CT molecular complexity index is 794. The number of ether oxygens (including phenoxy) is 1. The molecule has 0 saturated heterocycles. The number of rotatable bonds is 9. The SMILES string of the molecule is CCSc1nnc(SC[C@@H](O)COc2ccc(-c3ccccc3)cc2)s1. The van der Waals surface area contributed by atoms with E-state index < -0.39 is 6.10 Å². The minimum absolute atomic E-state index is 0.257. The molecule has 1 heterocycles. The summed E-state index contributed by atoms with van der Waals surface area (Å²) in [6, 6.07) is 18.1. The second-order valence-electron chi connectivity index (χ2n) is 5.43. The molecule has 3 aromatic rings. The van der Waals surface area contributed by atoms with Gasteiger partial charge in [-0.1, -0.05) is 84.2 Å². The van der Waals surface area contributed by atoms with Crippen molar-refractivity contribution in [2.24, 2.45) is 0 Å². The first-order valence-electron chi connectivity index (χ1n) is 8.30. The smallest absolute Gasteiger partial charge is 0.175 e. The highest BCUT2D eigenvalue weighted by atomic mass is 32.2. The van der Waals surface area contributed by atoms with Gasteiger partial charge in [0.15, 0.2) is 8.68 Å². The molecule has 0 bridgehead atoms. The standard InChI is InChI=1S/C19H20N2O2S3/c1-2-24-18-20-21-19(26-18)25-13-16(22)12-23-17-10-8-15(9-11-17)14-6-4-3-5-7-14/h3-11,16,22H,2,12-13H2,1H3/t16-/m0/s1. The number of aliphatic hydroxyl groups is 1. The maximum Gasteiger partial charge on any atom is 0.175 e. The highest BCUT2D eigenvalue weighted by Gasteiger charge is 2.10. The van der Waals surface area contributed by atoms with Crippen molar-refractivity contribution in [3.05, 3.63) is 54.6 Å². The normalized spacial score (nSPS) is 12.1. The molecular formula is C19H20N2O2S3. The second kappa shape index (κ2) is 9.97. The maximum absolute atomic E-state index is 10.1. The van der Waals surface area contributed by atoms with Gasteiger partial charge in [0.1, 0.15) is 12.4 Å². The molecule has 0 aliphatic heterocycles. The third kappa shape index (κ3) is 5.74. The van der Waals surface area contributed by atoms with E-state index in [9.17, 15) is 5.11 Å². The molecule has 0 amide bonds. The van der Waals surface area contributed by atoms with Crippen LogP contribution in [0, 0.1) is 0 Å². The number of aromatic nitrogens is 2. The first-order chi connectivity index (χ1) is 12.7. The molecule has 3 rings (SSSR count). The lowest BCUT2D eigenvalue weighted by molar-refractivity contribution is 0.126. The predicted octanol–water partition coefficient (Wildman–Crippen LogP) is 4.85. The Morgan fingerprint density at radius 2 is 1.62 bits per heavy atom. The monoisotopic (exact) mass is 404 g/mol. The molecule has 0 aliphatic rings. The average Bonchev–Trinajstić information content (AvgIpc) is 3.14. The number of hydrogen-bond acceptors (Lipinski definition) is 7. The van der Waals surface area contributed by atoms with E-state index in [0.717, 1.165) is 25.7 Å². The van der Waals surface area contributed by atoms with Crippen LogP contribution in [0.4, 0.5) is 0 Å². The van der Waals surface area contributed by atoms with E-state index in [1.807, 2.05) is 42.5 Å². The van der Waals surface area contributed by atoms with Crippen LogP contribution in [-0.4, -0.2) is 39.5 Å². The second-order valence-corrected chi connectivity index (χ2v) is 9.19. The average molecular weight is 405 g/mol. The third-order valence-electron chi connectivity index (χ3n) is 3.46. The van der Waals surface area contributed by atoms with E-state index >= 15 is 0 Å². The molecule has 0 spiro atoms. The van der Waals surface area contributed by atoms with Crippen LogP contribution in [0.2, 0.25) is 0 Å². The van der Waals surface area contributed by atoms with Gasteiger partial charge in [0.2, 0.25) is 0 Å². The van der Waals surface area contributed by atoms with E-state index in [1.54, 1.807) is 23.1 Å². The van der Waals surface area contributed by atoms with Gasteiger partial charge in [0.25, 0.3) is 0 Å². The van der Waals surface area contributed by atoms with Gasteiger partial charge in [-0.3, -0.25) is 0 Å². The summed E-state index contributed by atoms with van der Waals surface area (Å²) in [5.74, 6) is 2.28. The zero-order valence-electron chi connectivity index (χ0n) is 14.4. The topological polar surface area (TPSA) is 55.2 Å². The summed E-state index contributed by atoms with van der Waals surface area (Å²) in [4.78, 5) is 0. The summed E-state index contributed by atoms with van der Waals surface area (Å²) in [7, 11) is 0. The summed E-state index contributed by atoms with van der Waals surface area (Å²) < 4.78 is 7.54. The van der Waals surface area contributed by atoms with Crippen LogP contribution in [0.25, 0.3) is 11.1 Å². The summed E-state index contributed by atoms with van der Waals surface area (Å²) >= 11 is 4.76. The van der Waals surface area contributed by atoms with Crippen molar-refractivity contribution < 1.29 is 9.84 Å². The molecule has 0 radical (unpaired) electrons. The molecule has 1 atom stereocenters. The molecule has 1 N–H and O–H groups in total. The molecule has 0 fully saturated rings. The Kier molecular flexibility index (Phi) is 7.37. The molecule has 0 aliphatic carbocycles. The Balaban J connectivity index is 1.44. The first kappa shape index (κ1) is 19.2. The number of aliphatic hydroxyl groups excluding tert-OH is 1. The third-order valence-corrected chi connectivity index (χ3v) is 6.68. The van der Waals surface area contributed by atoms with Crippen LogP contribution < -0.4 is 4.74 Å². The van der Waals surface area contributed by atoms with Crippen molar-refractivity contribution in [3.8, 4) is 16.9 Å². The quantitative estimate of drug-likeness (QED) is 0.515. The summed E-state index contributed by atoms with van der Waals surface area (Å²) in [5, 5.41) is 18.4. The van der Waals surface area contributed by atoms with Gasteiger partial charge >= 0.3 is 0 Å². The van der Waals surface area contributed by atoms with E-state index in [-0.39, 0.29) is 6.61 Å². The number of thioether (sulfide) groups is 2. The van der Waals surface area contributed by atoms with Crippen molar-refractivity contribution in [3.63, 3.8) is 0 Å². The van der Waals surface area contributed by atoms with E-state index in [1.165, 1.54) is 17.3 Å². The zero-order valence-corrected chi connectivity index (χ0v) is 16.8. The number of nitrogens with zero attached hydrogens (tertiary/aromatic N) is 2. The van der Waals surface area contributed by atoms with Gasteiger partial charge in [-0.05, 0) is 29.0 Å². The van der Waals surface area contributed by atoms with Gasteiger partial charge < -0.3 is 9.84 Å². The molecule has 0 saturated carbocycles. The lowest BCUT2D eigenvalue weighted by Crippen LogP contribution is -2.20. The van der Waals surface area contributed by atoms with Gasteiger partial charge in [-0.15, -0.1) is 10.2 Å². The van der Waals surface area contributed by atoms with Crippen molar-refractivity contribution in [1.82, 2.24) is 10.2 Å². The van der Waals surface area contributed by atoms with Crippen LogP contribution in [0.15, 0.2) is 63.3 Å². The van der Waals surface area contributed by atoms with Crippen molar-refractivity contribution in [2.75, 3.05) is 18.1 Å². The molecule has 0 unspecified atom stereocenters. The molecule has 2 aromatic carbocycles. The fraction of sp³-hybridized carbons (Fsp3) is 0.263. The van der Waals surface area contributed by atoms with Crippen LogP contribution in [-0.2, 0) is 0 Å². The lowest BCUT2D eigenvalue weighted by Gasteiger charge is -2.11. The van der Waals surface area contributed by atoms with Gasteiger partial charge in [0, 0.05) is 5.75 Å². The minimum atomic E-state index is -0.556. The molecule has 4 nitrogen and oxygen atoms in total. The van der Waals surface area contributed by atoms with E-state index in [0.29, 0.717) is 5.75 Å². The van der Waals surface area contributed by atoms with Gasteiger partial charge in [0.05, 0.1) is 6.10 Å². The largest absolute Gasteiger partial charge is 0.491 e. The summed E-state index contributed by atoms with van der Waals surface area (Å²) in [5.41, 5.74) is 2.32. The van der Waals surface area contributed by atoms with Crippen LogP contribution in [0.3, 0.4) is 0 Å². The fourth-order valence-electron chi connectivity index (χ4n) is 2.22. The number of benzene rings is 2.